The van der Waals surface area contributed by atoms with Gasteiger partial charge < -0.3 is 19.5 Å². The zero-order chi connectivity index (χ0) is 26.6. The highest BCUT2D eigenvalue weighted by molar-refractivity contribution is 9.10. The van der Waals surface area contributed by atoms with Crippen molar-refractivity contribution in [2.75, 3.05) is 18.5 Å². The standard InChI is InChI=1S/C27H26BrN3O6/c1-3-15-36-23-10-5-18(6-11-23)27(34)37-24-14-7-20(28)16-19(24)17-29-31-26(33)25(32)30-21-8-12-22(13-9-21)35-4-2/h5-14,16-17H,3-4,15H2,1-2H3,(H,30,32)(H,31,33)/b29-17-. The van der Waals surface area contributed by atoms with Crippen LogP contribution in [0.1, 0.15) is 36.2 Å². The Balaban J connectivity index is 1.60. The summed E-state index contributed by atoms with van der Waals surface area (Å²) >= 11 is 3.36. The Morgan fingerprint density at radius 3 is 2.24 bits per heavy atom. The zero-order valence-electron chi connectivity index (χ0n) is 20.3. The quantitative estimate of drug-likeness (QED) is 0.118. The summed E-state index contributed by atoms with van der Waals surface area (Å²) in [6.45, 7) is 4.98. The molecule has 0 spiro atoms. The van der Waals surface area contributed by atoms with Crippen LogP contribution >= 0.6 is 15.9 Å². The van der Waals surface area contributed by atoms with E-state index in [0.717, 1.165) is 6.42 Å². The number of anilines is 1. The van der Waals surface area contributed by atoms with Gasteiger partial charge in [0.2, 0.25) is 0 Å². The van der Waals surface area contributed by atoms with Crippen LogP contribution in [0.15, 0.2) is 76.3 Å². The average molecular weight is 568 g/mol. The van der Waals surface area contributed by atoms with Crippen molar-refractivity contribution in [3.63, 3.8) is 0 Å². The number of rotatable bonds is 10. The molecule has 3 rings (SSSR count). The van der Waals surface area contributed by atoms with Crippen molar-refractivity contribution in [3.8, 4) is 17.2 Å². The van der Waals surface area contributed by atoms with Crippen LogP contribution < -0.4 is 25.0 Å². The Morgan fingerprint density at radius 1 is 0.892 bits per heavy atom. The van der Waals surface area contributed by atoms with E-state index in [1.54, 1.807) is 66.7 Å². The molecule has 2 amide bonds. The molecule has 0 radical (unpaired) electrons. The van der Waals surface area contributed by atoms with Crippen LogP contribution in [0.5, 0.6) is 17.2 Å². The normalized spacial score (nSPS) is 10.6. The first-order valence-corrected chi connectivity index (χ1v) is 12.3. The number of ether oxygens (including phenoxy) is 3. The van der Waals surface area contributed by atoms with E-state index in [1.807, 2.05) is 13.8 Å². The second-order valence-electron chi connectivity index (χ2n) is 7.56. The molecule has 0 saturated heterocycles. The van der Waals surface area contributed by atoms with Gasteiger partial charge in [0.15, 0.2) is 0 Å². The van der Waals surface area contributed by atoms with Gasteiger partial charge in [0.05, 0.1) is 25.0 Å². The lowest BCUT2D eigenvalue weighted by atomic mass is 10.2. The van der Waals surface area contributed by atoms with Gasteiger partial charge >= 0.3 is 17.8 Å². The van der Waals surface area contributed by atoms with Crippen LogP contribution in [0.25, 0.3) is 0 Å². The molecule has 0 atom stereocenters. The summed E-state index contributed by atoms with van der Waals surface area (Å²) < 4.78 is 17.1. The largest absolute Gasteiger partial charge is 0.494 e. The molecule has 9 nitrogen and oxygen atoms in total. The molecule has 2 N–H and O–H groups in total. The van der Waals surface area contributed by atoms with Crippen molar-refractivity contribution < 1.29 is 28.6 Å². The number of esters is 1. The summed E-state index contributed by atoms with van der Waals surface area (Å²) in [4.78, 5) is 36.9. The van der Waals surface area contributed by atoms with E-state index in [2.05, 4.69) is 31.8 Å². The summed E-state index contributed by atoms with van der Waals surface area (Å²) in [7, 11) is 0. The van der Waals surface area contributed by atoms with E-state index in [1.165, 1.54) is 6.21 Å². The van der Waals surface area contributed by atoms with E-state index in [-0.39, 0.29) is 5.75 Å². The molecule has 3 aromatic rings. The molecule has 0 bridgehead atoms. The van der Waals surface area contributed by atoms with Crippen molar-refractivity contribution in [2.45, 2.75) is 20.3 Å². The number of hydrazone groups is 1. The Hall–Kier alpha value is -4.18. The molecule has 0 aliphatic heterocycles. The molecule has 192 valence electrons. The number of halogens is 1. The van der Waals surface area contributed by atoms with Gasteiger partial charge in [0.1, 0.15) is 17.2 Å². The molecular weight excluding hydrogens is 542 g/mol. The van der Waals surface area contributed by atoms with Gasteiger partial charge in [0.25, 0.3) is 0 Å². The van der Waals surface area contributed by atoms with Gasteiger partial charge in [-0.2, -0.15) is 5.10 Å². The Labute approximate surface area is 222 Å². The highest BCUT2D eigenvalue weighted by Crippen LogP contribution is 2.23. The lowest BCUT2D eigenvalue weighted by molar-refractivity contribution is -0.136. The third-order valence-electron chi connectivity index (χ3n) is 4.74. The van der Waals surface area contributed by atoms with E-state index >= 15 is 0 Å². The maximum absolute atomic E-state index is 12.6. The molecule has 37 heavy (non-hydrogen) atoms. The average Bonchev–Trinajstić information content (AvgIpc) is 2.90. The first-order chi connectivity index (χ1) is 17.9. The Morgan fingerprint density at radius 2 is 1.57 bits per heavy atom. The molecule has 0 unspecified atom stereocenters. The topological polar surface area (TPSA) is 115 Å². The van der Waals surface area contributed by atoms with Gasteiger partial charge in [-0.1, -0.05) is 22.9 Å². The van der Waals surface area contributed by atoms with Crippen LogP contribution in [0.2, 0.25) is 0 Å². The Kier molecular flexibility index (Phi) is 10.2. The van der Waals surface area contributed by atoms with Gasteiger partial charge in [-0.15, -0.1) is 0 Å². The van der Waals surface area contributed by atoms with Crippen LogP contribution in [0.4, 0.5) is 5.69 Å². The molecular formula is C27H26BrN3O6. The summed E-state index contributed by atoms with van der Waals surface area (Å²) in [5, 5.41) is 6.30. The highest BCUT2D eigenvalue weighted by atomic mass is 79.9. The minimum Gasteiger partial charge on any atom is -0.494 e. The summed E-state index contributed by atoms with van der Waals surface area (Å²) in [6.07, 6.45) is 2.16. The fraction of sp³-hybridized carbons (Fsp3) is 0.185. The molecule has 0 aliphatic carbocycles. The number of carbonyl (C=O) groups is 3. The van der Waals surface area contributed by atoms with Crippen molar-refractivity contribution in [3.05, 3.63) is 82.3 Å². The van der Waals surface area contributed by atoms with Crippen molar-refractivity contribution >= 4 is 45.6 Å². The summed E-state index contributed by atoms with van der Waals surface area (Å²) in [6, 6.07) is 18.2. The molecule has 0 fully saturated rings. The predicted molar refractivity (Wildman–Crippen MR) is 143 cm³/mol. The fourth-order valence-corrected chi connectivity index (χ4v) is 3.36. The second kappa shape index (κ2) is 13.8. The number of benzene rings is 3. The van der Waals surface area contributed by atoms with Gasteiger partial charge in [-0.05, 0) is 80.1 Å². The molecule has 0 saturated carbocycles. The van der Waals surface area contributed by atoms with Crippen molar-refractivity contribution in [2.24, 2.45) is 5.10 Å². The fourth-order valence-electron chi connectivity index (χ4n) is 2.98. The number of carbonyl (C=O) groups excluding carboxylic acids is 3. The SMILES string of the molecule is CCCOc1ccc(C(=O)Oc2ccc(Br)cc2/C=N\NC(=O)C(=O)Nc2ccc(OCC)cc2)cc1. The maximum Gasteiger partial charge on any atom is 0.343 e. The lowest BCUT2D eigenvalue weighted by Gasteiger charge is -2.09. The number of hydrogen-bond acceptors (Lipinski definition) is 7. The summed E-state index contributed by atoms with van der Waals surface area (Å²) in [5.41, 5.74) is 3.33. The minimum absolute atomic E-state index is 0.219. The maximum atomic E-state index is 12.6. The number of amides is 2. The van der Waals surface area contributed by atoms with Crippen LogP contribution in [-0.4, -0.2) is 37.2 Å². The monoisotopic (exact) mass is 567 g/mol. The van der Waals surface area contributed by atoms with Crippen LogP contribution in [0, 0.1) is 0 Å². The lowest BCUT2D eigenvalue weighted by Crippen LogP contribution is -2.32. The number of nitrogens with zero attached hydrogens (tertiary/aromatic N) is 1. The van der Waals surface area contributed by atoms with Crippen molar-refractivity contribution in [1.29, 1.82) is 0 Å². The minimum atomic E-state index is -0.968. The molecule has 0 heterocycles. The van der Waals surface area contributed by atoms with Crippen molar-refractivity contribution in [1.82, 2.24) is 5.43 Å². The Bertz CT molecular complexity index is 1260. The highest BCUT2D eigenvalue weighted by Gasteiger charge is 2.14. The number of hydrogen-bond donors (Lipinski definition) is 2. The molecule has 0 aromatic heterocycles. The molecule has 0 aliphatic rings. The third kappa shape index (κ3) is 8.46. The predicted octanol–water partition coefficient (Wildman–Crippen LogP) is 4.94. The zero-order valence-corrected chi connectivity index (χ0v) is 21.9. The third-order valence-corrected chi connectivity index (χ3v) is 5.23. The van der Waals surface area contributed by atoms with E-state index in [4.69, 9.17) is 14.2 Å². The second-order valence-corrected chi connectivity index (χ2v) is 8.47. The smallest absolute Gasteiger partial charge is 0.343 e. The molecule has 10 heteroatoms. The van der Waals surface area contributed by atoms with E-state index in [0.29, 0.717) is 46.0 Å². The van der Waals surface area contributed by atoms with Crippen LogP contribution in [0.3, 0.4) is 0 Å². The van der Waals surface area contributed by atoms with Gasteiger partial charge in [-0.25, -0.2) is 10.2 Å². The van der Waals surface area contributed by atoms with E-state index < -0.39 is 17.8 Å². The molecule has 3 aromatic carbocycles. The summed E-state index contributed by atoms with van der Waals surface area (Å²) in [5.74, 6) is -0.901. The van der Waals surface area contributed by atoms with Gasteiger partial charge in [0, 0.05) is 15.7 Å². The van der Waals surface area contributed by atoms with Crippen LogP contribution in [-0.2, 0) is 9.59 Å². The van der Waals surface area contributed by atoms with E-state index in [9.17, 15) is 14.4 Å². The van der Waals surface area contributed by atoms with Gasteiger partial charge in [-0.3, -0.25) is 9.59 Å². The first-order valence-electron chi connectivity index (χ1n) is 11.5. The number of nitrogens with one attached hydrogen (secondary N) is 2. The first kappa shape index (κ1) is 27.4.